The Kier molecular flexibility index (Phi) is 6.24. The van der Waals surface area contributed by atoms with E-state index in [1.807, 2.05) is 37.5 Å². The van der Waals surface area contributed by atoms with Gasteiger partial charge in [0.1, 0.15) is 0 Å². The molecule has 0 unspecified atom stereocenters. The highest BCUT2D eigenvalue weighted by atomic mass is 16.3. The van der Waals surface area contributed by atoms with Crippen LogP contribution in [-0.4, -0.2) is 26.0 Å². The largest absolute Gasteiger partial charge is 0.386 e. The van der Waals surface area contributed by atoms with Crippen LogP contribution in [0, 0.1) is 4.91 Å². The summed E-state index contributed by atoms with van der Waals surface area (Å²) in [4.78, 5) is 17.5. The second-order valence-corrected chi connectivity index (χ2v) is 5.49. The van der Waals surface area contributed by atoms with Gasteiger partial charge in [-0.1, -0.05) is 12.6 Å². The maximum absolute atomic E-state index is 10.3. The van der Waals surface area contributed by atoms with E-state index in [4.69, 9.17) is 0 Å². The van der Waals surface area contributed by atoms with Crippen molar-refractivity contribution in [1.82, 2.24) is 10.7 Å². The molecule has 1 fully saturated rings. The standard InChI is InChI=1S/C17H22N6O/c1-12(22-23-24)15(21-14-5-6-14)8-9-20-11-13-4-7-16(18-2)17(10-13)19-3/h4,7-10,14,19,21H,1-2,5-6,11H2,3H3,(H,22,24)/p+1/b15-8+,20-9?. The lowest BCUT2D eigenvalue weighted by atomic mass is 10.1. The van der Waals surface area contributed by atoms with Gasteiger partial charge >= 0.3 is 0 Å². The van der Waals surface area contributed by atoms with E-state index in [2.05, 4.69) is 44.6 Å². The molecule has 0 aromatic heterocycles. The van der Waals surface area contributed by atoms with Gasteiger partial charge in [-0.05, 0) is 31.7 Å². The Bertz CT molecular complexity index is 676. The lowest BCUT2D eigenvalue weighted by Crippen LogP contribution is -2.66. The van der Waals surface area contributed by atoms with Crippen LogP contribution in [0.15, 0.2) is 52.5 Å². The predicted octanol–water partition coefficient (Wildman–Crippen LogP) is 1.13. The zero-order valence-corrected chi connectivity index (χ0v) is 13.8. The van der Waals surface area contributed by atoms with Crippen molar-refractivity contribution in [3.63, 3.8) is 0 Å². The Labute approximate surface area is 141 Å². The van der Waals surface area contributed by atoms with Gasteiger partial charge < -0.3 is 10.6 Å². The zero-order chi connectivity index (χ0) is 17.4. The van der Waals surface area contributed by atoms with Crippen molar-refractivity contribution in [1.29, 1.82) is 0 Å². The van der Waals surface area contributed by atoms with Crippen molar-refractivity contribution in [3.8, 4) is 0 Å². The predicted molar refractivity (Wildman–Crippen MR) is 98.2 cm³/mol. The molecule has 1 aromatic rings. The van der Waals surface area contributed by atoms with Gasteiger partial charge in [-0.25, -0.2) is 10.4 Å². The number of rotatable bonds is 10. The van der Waals surface area contributed by atoms with Gasteiger partial charge in [-0.3, -0.25) is 4.99 Å². The number of nitroso groups, excluding NO2 is 1. The number of hydrogen-bond donors (Lipinski definition) is 4. The van der Waals surface area contributed by atoms with Crippen LogP contribution in [-0.2, 0) is 6.54 Å². The highest BCUT2D eigenvalue weighted by Gasteiger charge is 2.22. The second kappa shape index (κ2) is 8.61. The Morgan fingerprint density at radius 1 is 1.46 bits per heavy atom. The lowest BCUT2D eigenvalue weighted by Gasteiger charge is -2.09. The molecule has 1 aliphatic carbocycles. The summed E-state index contributed by atoms with van der Waals surface area (Å²) in [6.07, 6.45) is 5.92. The molecule has 0 bridgehead atoms. The van der Waals surface area contributed by atoms with E-state index in [0.29, 0.717) is 18.3 Å². The zero-order valence-electron chi connectivity index (χ0n) is 13.8. The van der Waals surface area contributed by atoms with Gasteiger partial charge in [0, 0.05) is 24.7 Å². The molecule has 0 amide bonds. The van der Waals surface area contributed by atoms with Crippen LogP contribution >= 0.6 is 0 Å². The summed E-state index contributed by atoms with van der Waals surface area (Å²) in [6, 6.07) is 6.39. The van der Waals surface area contributed by atoms with Crippen LogP contribution in [0.5, 0.6) is 0 Å². The number of hydrogen-bond acceptors (Lipinski definition) is 5. The van der Waals surface area contributed by atoms with E-state index >= 15 is 0 Å². The van der Waals surface area contributed by atoms with Crippen LogP contribution in [0.4, 0.5) is 11.4 Å². The van der Waals surface area contributed by atoms with Gasteiger partial charge in [-0.15, -0.1) is 4.91 Å². The monoisotopic (exact) mass is 327 g/mol. The number of allylic oxidation sites excluding steroid dienone is 1. The highest BCUT2D eigenvalue weighted by molar-refractivity contribution is 5.69. The third-order valence-electron chi connectivity index (χ3n) is 3.62. The molecule has 0 heterocycles. The Balaban J connectivity index is 2.01. The minimum atomic E-state index is 0.451. The third-order valence-corrected chi connectivity index (χ3v) is 3.62. The lowest BCUT2D eigenvalue weighted by molar-refractivity contribution is -0.469. The summed E-state index contributed by atoms with van der Waals surface area (Å²) >= 11 is 0. The fraction of sp³-hybridized carbons (Fsp3) is 0.294. The van der Waals surface area contributed by atoms with Crippen LogP contribution < -0.4 is 21.1 Å². The van der Waals surface area contributed by atoms with E-state index in [0.717, 1.165) is 35.5 Å². The minimum absolute atomic E-state index is 0.451. The summed E-state index contributed by atoms with van der Waals surface area (Å²) in [5.74, 6) is 0. The molecule has 126 valence electrons. The molecule has 1 saturated carbocycles. The molecule has 1 aliphatic rings. The first-order chi connectivity index (χ1) is 11.7. The summed E-state index contributed by atoms with van der Waals surface area (Å²) in [6.45, 7) is 8.01. The average molecular weight is 327 g/mol. The summed E-state index contributed by atoms with van der Waals surface area (Å²) < 4.78 is 0. The average Bonchev–Trinajstić information content (AvgIpc) is 3.41. The molecule has 24 heavy (non-hydrogen) atoms. The molecule has 0 spiro atoms. The third kappa shape index (κ3) is 5.05. The van der Waals surface area contributed by atoms with Crippen molar-refractivity contribution in [2.75, 3.05) is 12.4 Å². The van der Waals surface area contributed by atoms with Crippen LogP contribution in [0.2, 0.25) is 0 Å². The first kappa shape index (κ1) is 17.4. The number of anilines is 1. The van der Waals surface area contributed by atoms with Gasteiger partial charge in [-0.2, -0.15) is 0 Å². The van der Waals surface area contributed by atoms with Crippen LogP contribution in [0.25, 0.3) is 0 Å². The van der Waals surface area contributed by atoms with Crippen molar-refractivity contribution < 1.29 is 4.99 Å². The second-order valence-electron chi connectivity index (χ2n) is 5.49. The Morgan fingerprint density at radius 2 is 2.25 bits per heavy atom. The molecule has 0 radical (unpaired) electrons. The number of aliphatic imine (C=N–C) groups is 1. The summed E-state index contributed by atoms with van der Waals surface area (Å²) in [5, 5.41) is 9.07. The van der Waals surface area contributed by atoms with E-state index in [1.54, 1.807) is 0 Å². The number of nitrogens with zero attached hydrogens (tertiary/aromatic N) is 2. The molecule has 0 atom stereocenters. The summed E-state index contributed by atoms with van der Waals surface area (Å²) in [7, 11) is 1.85. The first-order valence-corrected chi connectivity index (χ1v) is 7.76. The van der Waals surface area contributed by atoms with Gasteiger partial charge in [0.15, 0.2) is 12.8 Å². The van der Waals surface area contributed by atoms with Crippen molar-refractivity contribution in [2.45, 2.75) is 25.4 Å². The fourth-order valence-electron chi connectivity index (χ4n) is 2.15. The molecule has 7 nitrogen and oxygen atoms in total. The van der Waals surface area contributed by atoms with E-state index in [-0.39, 0.29) is 0 Å². The van der Waals surface area contributed by atoms with Crippen LogP contribution in [0.1, 0.15) is 18.4 Å². The maximum atomic E-state index is 10.3. The SMILES string of the molecule is C=Nc1ccc(C[NH+]=C/C=C(/NC2CC2)C(=C)NN=O)cc1NC. The molecule has 0 aliphatic heterocycles. The van der Waals surface area contributed by atoms with Gasteiger partial charge in [0.25, 0.3) is 0 Å². The molecule has 1 aromatic carbocycles. The Morgan fingerprint density at radius 3 is 2.88 bits per heavy atom. The molecule has 0 saturated heterocycles. The molecule has 2 rings (SSSR count). The minimum Gasteiger partial charge on any atom is -0.386 e. The molecule has 7 heteroatoms. The number of nitrogens with one attached hydrogen (secondary N) is 4. The molecular weight excluding hydrogens is 304 g/mol. The van der Waals surface area contributed by atoms with Gasteiger partial charge in [0.05, 0.1) is 28.1 Å². The highest BCUT2D eigenvalue weighted by Crippen LogP contribution is 2.24. The molecule has 4 N–H and O–H groups in total. The quantitative estimate of drug-likeness (QED) is 0.224. The Hall–Kier alpha value is -2.96. The maximum Gasteiger partial charge on any atom is 0.166 e. The van der Waals surface area contributed by atoms with E-state index < -0.39 is 0 Å². The number of benzene rings is 1. The normalized spacial score (nSPS) is 14.3. The van der Waals surface area contributed by atoms with Gasteiger partial charge in [0.2, 0.25) is 0 Å². The van der Waals surface area contributed by atoms with Crippen molar-refractivity contribution in [2.24, 2.45) is 10.3 Å². The fourth-order valence-corrected chi connectivity index (χ4v) is 2.15. The molecular formula is C17H23N6O+. The van der Waals surface area contributed by atoms with Crippen LogP contribution in [0.3, 0.4) is 0 Å². The van der Waals surface area contributed by atoms with E-state index in [1.165, 1.54) is 0 Å². The first-order valence-electron chi connectivity index (χ1n) is 7.76. The smallest absolute Gasteiger partial charge is 0.166 e. The van der Waals surface area contributed by atoms with Crippen molar-refractivity contribution >= 4 is 24.3 Å². The summed E-state index contributed by atoms with van der Waals surface area (Å²) in [5.41, 5.74) is 6.42. The topological polar surface area (TPSA) is 91.8 Å². The van der Waals surface area contributed by atoms with Crippen molar-refractivity contribution in [3.05, 3.63) is 52.7 Å². The van der Waals surface area contributed by atoms with E-state index in [9.17, 15) is 4.91 Å².